The first-order chi connectivity index (χ1) is 9.34. The predicted octanol–water partition coefficient (Wildman–Crippen LogP) is 3.56. The van der Waals surface area contributed by atoms with Crippen LogP contribution in [0.25, 0.3) is 0 Å². The van der Waals surface area contributed by atoms with Crippen molar-refractivity contribution in [3.05, 3.63) is 29.3 Å². The maximum atomic E-state index is 12.9. The number of rotatable bonds is 3. The molecule has 0 aliphatic carbocycles. The molecule has 2 rings (SSSR count). The number of halogens is 3. The molecule has 0 bridgehead atoms. The first kappa shape index (κ1) is 14.7. The Morgan fingerprint density at radius 2 is 2.20 bits per heavy atom. The molecule has 3 nitrogen and oxygen atoms in total. The lowest BCUT2D eigenvalue weighted by molar-refractivity contribution is -0.137. The summed E-state index contributed by atoms with van der Waals surface area (Å²) in [6.45, 7) is 2.78. The van der Waals surface area contributed by atoms with Gasteiger partial charge in [0, 0.05) is 18.8 Å². The molecule has 1 saturated heterocycles. The molecule has 1 fully saturated rings. The quantitative estimate of drug-likeness (QED) is 0.923. The van der Waals surface area contributed by atoms with Crippen molar-refractivity contribution in [2.24, 2.45) is 0 Å². The highest BCUT2D eigenvalue weighted by Gasteiger charge is 2.35. The smallest absolute Gasteiger partial charge is 0.382 e. The SMILES string of the molecule is CC1(CNc2cc(C#N)ccc2C(F)(F)F)CCCO1. The van der Waals surface area contributed by atoms with Crippen molar-refractivity contribution < 1.29 is 17.9 Å². The monoisotopic (exact) mass is 284 g/mol. The second-order valence-corrected chi connectivity index (χ2v) is 5.13. The van der Waals surface area contributed by atoms with Gasteiger partial charge in [-0.3, -0.25) is 0 Å². The van der Waals surface area contributed by atoms with E-state index in [9.17, 15) is 13.2 Å². The number of nitrogens with one attached hydrogen (secondary N) is 1. The zero-order valence-corrected chi connectivity index (χ0v) is 11.0. The number of hydrogen-bond acceptors (Lipinski definition) is 3. The van der Waals surface area contributed by atoms with Crippen LogP contribution in [0.2, 0.25) is 0 Å². The topological polar surface area (TPSA) is 45.0 Å². The molecule has 0 saturated carbocycles. The predicted molar refractivity (Wildman–Crippen MR) is 68.2 cm³/mol. The van der Waals surface area contributed by atoms with Crippen molar-refractivity contribution in [3.8, 4) is 6.07 Å². The van der Waals surface area contributed by atoms with Crippen LogP contribution in [0, 0.1) is 11.3 Å². The van der Waals surface area contributed by atoms with Gasteiger partial charge in [0.05, 0.1) is 22.8 Å². The first-order valence-electron chi connectivity index (χ1n) is 6.33. The molecule has 0 aromatic heterocycles. The Morgan fingerprint density at radius 3 is 2.75 bits per heavy atom. The third kappa shape index (κ3) is 3.23. The van der Waals surface area contributed by atoms with E-state index in [4.69, 9.17) is 10.00 Å². The van der Waals surface area contributed by atoms with E-state index in [1.807, 2.05) is 13.0 Å². The third-order valence-corrected chi connectivity index (χ3v) is 3.41. The number of anilines is 1. The van der Waals surface area contributed by atoms with Gasteiger partial charge in [0.1, 0.15) is 0 Å². The summed E-state index contributed by atoms with van der Waals surface area (Å²) in [4.78, 5) is 0. The average Bonchev–Trinajstić information content (AvgIpc) is 2.82. The second-order valence-electron chi connectivity index (χ2n) is 5.13. The molecule has 0 amide bonds. The summed E-state index contributed by atoms with van der Waals surface area (Å²) < 4.78 is 44.3. The van der Waals surface area contributed by atoms with Crippen LogP contribution in [0.4, 0.5) is 18.9 Å². The molecular formula is C14H15F3N2O. The summed E-state index contributed by atoms with van der Waals surface area (Å²) in [5.41, 5.74) is -1.10. The van der Waals surface area contributed by atoms with Crippen LogP contribution in [-0.4, -0.2) is 18.8 Å². The van der Waals surface area contributed by atoms with Crippen molar-refractivity contribution in [2.45, 2.75) is 31.5 Å². The highest BCUT2D eigenvalue weighted by atomic mass is 19.4. The lowest BCUT2D eigenvalue weighted by atomic mass is 10.0. The lowest BCUT2D eigenvalue weighted by Gasteiger charge is -2.25. The molecule has 1 aromatic carbocycles. The number of ether oxygens (including phenoxy) is 1. The largest absolute Gasteiger partial charge is 0.418 e. The molecule has 1 aliphatic rings. The molecule has 1 heterocycles. The minimum Gasteiger partial charge on any atom is -0.382 e. The summed E-state index contributed by atoms with van der Waals surface area (Å²) in [5.74, 6) is 0. The van der Waals surface area contributed by atoms with E-state index < -0.39 is 17.3 Å². The molecule has 1 N–H and O–H groups in total. The average molecular weight is 284 g/mol. The molecule has 1 atom stereocenters. The van der Waals surface area contributed by atoms with Crippen LogP contribution in [0.15, 0.2) is 18.2 Å². The Kier molecular flexibility index (Phi) is 3.91. The van der Waals surface area contributed by atoms with E-state index in [0.717, 1.165) is 18.9 Å². The fraction of sp³-hybridized carbons (Fsp3) is 0.500. The fourth-order valence-corrected chi connectivity index (χ4v) is 2.27. The lowest BCUT2D eigenvalue weighted by Crippen LogP contribution is -2.33. The van der Waals surface area contributed by atoms with Crippen LogP contribution in [0.5, 0.6) is 0 Å². The van der Waals surface area contributed by atoms with E-state index in [1.165, 1.54) is 12.1 Å². The van der Waals surface area contributed by atoms with E-state index in [2.05, 4.69) is 5.32 Å². The van der Waals surface area contributed by atoms with Crippen LogP contribution < -0.4 is 5.32 Å². The first-order valence-corrected chi connectivity index (χ1v) is 6.33. The molecule has 20 heavy (non-hydrogen) atoms. The van der Waals surface area contributed by atoms with Crippen molar-refractivity contribution in [1.29, 1.82) is 5.26 Å². The molecule has 0 radical (unpaired) electrons. The Labute approximate surface area is 115 Å². The van der Waals surface area contributed by atoms with Crippen molar-refractivity contribution >= 4 is 5.69 Å². The summed E-state index contributed by atoms with van der Waals surface area (Å²) in [6, 6.07) is 5.17. The van der Waals surface area contributed by atoms with Crippen molar-refractivity contribution in [2.75, 3.05) is 18.5 Å². The van der Waals surface area contributed by atoms with Gasteiger partial charge in [-0.1, -0.05) is 0 Å². The van der Waals surface area contributed by atoms with Crippen molar-refractivity contribution in [3.63, 3.8) is 0 Å². The summed E-state index contributed by atoms with van der Waals surface area (Å²) >= 11 is 0. The molecule has 1 aliphatic heterocycles. The number of alkyl halides is 3. The van der Waals surface area contributed by atoms with Gasteiger partial charge in [-0.05, 0) is 38.0 Å². The molecule has 1 unspecified atom stereocenters. The van der Waals surface area contributed by atoms with E-state index in [1.54, 1.807) is 0 Å². The standard InChI is InChI=1S/C14H15F3N2O/c1-13(5-2-6-20-13)9-19-12-7-10(8-18)3-4-11(12)14(15,16)17/h3-4,7,19H,2,5-6,9H2,1H3. The minimum atomic E-state index is -4.45. The Bertz CT molecular complexity index is 528. The Hall–Kier alpha value is -1.74. The van der Waals surface area contributed by atoms with Gasteiger partial charge in [0.2, 0.25) is 0 Å². The second kappa shape index (κ2) is 5.33. The van der Waals surface area contributed by atoms with Gasteiger partial charge in [0.25, 0.3) is 0 Å². The van der Waals surface area contributed by atoms with Gasteiger partial charge in [-0.2, -0.15) is 18.4 Å². The van der Waals surface area contributed by atoms with Crippen molar-refractivity contribution in [1.82, 2.24) is 0 Å². The fourth-order valence-electron chi connectivity index (χ4n) is 2.27. The molecule has 6 heteroatoms. The zero-order valence-electron chi connectivity index (χ0n) is 11.0. The molecular weight excluding hydrogens is 269 g/mol. The highest BCUT2D eigenvalue weighted by Crippen LogP contribution is 2.36. The number of benzene rings is 1. The zero-order chi connectivity index (χ0) is 14.8. The van der Waals surface area contributed by atoms with Gasteiger partial charge < -0.3 is 10.1 Å². The van der Waals surface area contributed by atoms with Crippen LogP contribution in [0.3, 0.4) is 0 Å². The maximum Gasteiger partial charge on any atom is 0.418 e. The van der Waals surface area contributed by atoms with Crippen LogP contribution in [-0.2, 0) is 10.9 Å². The molecule has 1 aromatic rings. The number of nitrogens with zero attached hydrogens (tertiary/aromatic N) is 1. The number of hydrogen-bond donors (Lipinski definition) is 1. The maximum absolute atomic E-state index is 12.9. The van der Waals surface area contributed by atoms with Crippen LogP contribution in [0.1, 0.15) is 30.9 Å². The Morgan fingerprint density at radius 1 is 1.45 bits per heavy atom. The minimum absolute atomic E-state index is 0.0757. The van der Waals surface area contributed by atoms with E-state index >= 15 is 0 Å². The molecule has 0 spiro atoms. The number of nitriles is 1. The summed E-state index contributed by atoms with van der Waals surface area (Å²) in [7, 11) is 0. The molecule has 108 valence electrons. The normalized spacial score (nSPS) is 22.6. The third-order valence-electron chi connectivity index (χ3n) is 3.41. The summed E-state index contributed by atoms with van der Waals surface area (Å²) in [5, 5.41) is 11.6. The van der Waals surface area contributed by atoms with Gasteiger partial charge in [-0.25, -0.2) is 0 Å². The van der Waals surface area contributed by atoms with Crippen LogP contribution >= 0.6 is 0 Å². The Balaban J connectivity index is 2.22. The van der Waals surface area contributed by atoms with Gasteiger partial charge in [0.15, 0.2) is 0 Å². The van der Waals surface area contributed by atoms with Gasteiger partial charge in [-0.15, -0.1) is 0 Å². The highest BCUT2D eigenvalue weighted by molar-refractivity contribution is 5.57. The van der Waals surface area contributed by atoms with Gasteiger partial charge >= 0.3 is 6.18 Å². The van der Waals surface area contributed by atoms with E-state index in [0.29, 0.717) is 6.61 Å². The van der Waals surface area contributed by atoms with E-state index in [-0.39, 0.29) is 17.8 Å². The summed E-state index contributed by atoms with van der Waals surface area (Å²) in [6.07, 6.45) is -2.74.